The molecular weight excluding hydrogens is 308 g/mol. The largest absolute Gasteiger partial charge is 0.393 e. The minimum Gasteiger partial charge on any atom is -0.393 e. The van der Waals surface area contributed by atoms with Crippen LogP contribution in [0.4, 0.5) is 0 Å². The second kappa shape index (κ2) is 6.82. The fraction of sp³-hybridized carbons (Fsp3) is 0.833. The summed E-state index contributed by atoms with van der Waals surface area (Å²) in [7, 11) is 0. The summed E-state index contributed by atoms with van der Waals surface area (Å²) in [6.45, 7) is 3.75. The zero-order valence-corrected chi connectivity index (χ0v) is 14.5. The summed E-state index contributed by atoms with van der Waals surface area (Å²) in [5.74, 6) is -0.840. The standard InChI is InChI=1S/C18H28N2O4/c1-13(21)15(16(23)19-8-4-5-9-19)10-14(22)11-20-12-18(17(20)24)6-2-3-7-18/h13,15,21H,2-12H2,1H3/t13-,15+/m1/s1. The van der Waals surface area contributed by atoms with Crippen molar-refractivity contribution in [1.82, 2.24) is 9.80 Å². The number of rotatable bonds is 6. The van der Waals surface area contributed by atoms with Gasteiger partial charge in [0.2, 0.25) is 11.8 Å². The van der Waals surface area contributed by atoms with Crippen molar-refractivity contribution in [3.63, 3.8) is 0 Å². The van der Waals surface area contributed by atoms with Crippen molar-refractivity contribution >= 4 is 17.6 Å². The number of Topliss-reactive ketones (excluding diaryl/α,β-unsaturated/α-hetero) is 1. The van der Waals surface area contributed by atoms with E-state index in [0.717, 1.165) is 38.5 Å². The van der Waals surface area contributed by atoms with Gasteiger partial charge in [-0.15, -0.1) is 0 Å². The molecule has 0 unspecified atom stereocenters. The highest BCUT2D eigenvalue weighted by molar-refractivity contribution is 5.95. The number of likely N-dealkylation sites (tertiary alicyclic amines) is 2. The number of nitrogens with zero attached hydrogens (tertiary/aromatic N) is 2. The predicted molar refractivity (Wildman–Crippen MR) is 88.1 cm³/mol. The number of aliphatic hydroxyl groups excluding tert-OH is 1. The Hall–Kier alpha value is -1.43. The Balaban J connectivity index is 1.52. The average molecular weight is 336 g/mol. The van der Waals surface area contributed by atoms with Crippen LogP contribution in [-0.4, -0.2) is 64.8 Å². The third kappa shape index (κ3) is 3.21. The van der Waals surface area contributed by atoms with Crippen LogP contribution in [0.15, 0.2) is 0 Å². The Morgan fingerprint density at radius 3 is 2.33 bits per heavy atom. The highest BCUT2D eigenvalue weighted by Crippen LogP contribution is 2.46. The average Bonchev–Trinajstić information content (AvgIpc) is 3.23. The van der Waals surface area contributed by atoms with Crippen LogP contribution in [0.1, 0.15) is 51.9 Å². The molecule has 6 heteroatoms. The molecule has 0 radical (unpaired) electrons. The molecule has 24 heavy (non-hydrogen) atoms. The smallest absolute Gasteiger partial charge is 0.231 e. The summed E-state index contributed by atoms with van der Waals surface area (Å²) in [5.41, 5.74) is -0.185. The maximum Gasteiger partial charge on any atom is 0.231 e. The molecule has 2 saturated heterocycles. The maximum atomic E-state index is 12.5. The van der Waals surface area contributed by atoms with E-state index >= 15 is 0 Å². The molecule has 6 nitrogen and oxygen atoms in total. The minimum absolute atomic E-state index is 0.0176. The molecule has 134 valence electrons. The van der Waals surface area contributed by atoms with Gasteiger partial charge in [-0.25, -0.2) is 0 Å². The van der Waals surface area contributed by atoms with E-state index in [4.69, 9.17) is 0 Å². The fourth-order valence-electron chi connectivity index (χ4n) is 4.46. The molecular formula is C18H28N2O4. The number of carbonyl (C=O) groups excluding carboxylic acids is 3. The first kappa shape index (κ1) is 17.4. The summed E-state index contributed by atoms with van der Waals surface area (Å²) in [5, 5.41) is 9.94. The summed E-state index contributed by atoms with van der Waals surface area (Å²) >= 11 is 0. The van der Waals surface area contributed by atoms with Gasteiger partial charge < -0.3 is 14.9 Å². The van der Waals surface area contributed by atoms with E-state index in [0.29, 0.717) is 19.6 Å². The van der Waals surface area contributed by atoms with Crippen LogP contribution in [0.3, 0.4) is 0 Å². The Morgan fingerprint density at radius 2 is 1.79 bits per heavy atom. The second-order valence-corrected chi connectivity index (χ2v) is 7.77. The van der Waals surface area contributed by atoms with Gasteiger partial charge in [0.1, 0.15) is 0 Å². The summed E-state index contributed by atoms with van der Waals surface area (Å²) in [6, 6.07) is 0. The normalized spacial score (nSPS) is 25.0. The molecule has 1 N–H and O–H groups in total. The third-order valence-corrected chi connectivity index (χ3v) is 5.93. The van der Waals surface area contributed by atoms with Crippen molar-refractivity contribution in [3.8, 4) is 0 Å². The fourth-order valence-corrected chi connectivity index (χ4v) is 4.46. The zero-order chi connectivity index (χ0) is 17.3. The number of hydrogen-bond acceptors (Lipinski definition) is 4. The van der Waals surface area contributed by atoms with Gasteiger partial charge in [0.15, 0.2) is 5.78 Å². The van der Waals surface area contributed by atoms with Crippen LogP contribution in [0.5, 0.6) is 0 Å². The van der Waals surface area contributed by atoms with Gasteiger partial charge in [0.25, 0.3) is 0 Å². The van der Waals surface area contributed by atoms with Gasteiger partial charge in [-0.05, 0) is 32.6 Å². The first-order valence-electron chi connectivity index (χ1n) is 9.21. The highest BCUT2D eigenvalue weighted by Gasteiger charge is 2.53. The number of aliphatic hydroxyl groups is 1. The van der Waals surface area contributed by atoms with Crippen molar-refractivity contribution in [2.45, 2.75) is 58.0 Å². The minimum atomic E-state index is -0.852. The Kier molecular flexibility index (Phi) is 4.95. The van der Waals surface area contributed by atoms with E-state index in [1.165, 1.54) is 0 Å². The van der Waals surface area contributed by atoms with Crippen LogP contribution in [0, 0.1) is 11.3 Å². The quantitative estimate of drug-likeness (QED) is 0.733. The van der Waals surface area contributed by atoms with Gasteiger partial charge in [0, 0.05) is 26.1 Å². The first-order valence-corrected chi connectivity index (χ1v) is 9.21. The lowest BCUT2D eigenvalue weighted by Crippen LogP contribution is -2.61. The third-order valence-electron chi connectivity index (χ3n) is 5.93. The number of carbonyl (C=O) groups is 3. The molecule has 1 saturated carbocycles. The molecule has 0 aromatic heterocycles. The number of β-lactam (4-membered cyclic amide) rings is 1. The monoisotopic (exact) mass is 336 g/mol. The van der Waals surface area contributed by atoms with E-state index in [2.05, 4.69) is 0 Å². The molecule has 2 aliphatic heterocycles. The molecule has 3 fully saturated rings. The topological polar surface area (TPSA) is 77.9 Å². The zero-order valence-electron chi connectivity index (χ0n) is 14.5. The SMILES string of the molecule is C[C@@H](O)[C@H](CC(=O)CN1CC2(CCCC2)C1=O)C(=O)N1CCCC1. The van der Waals surface area contributed by atoms with Crippen LogP contribution in [-0.2, 0) is 14.4 Å². The van der Waals surface area contributed by atoms with Crippen molar-refractivity contribution in [1.29, 1.82) is 0 Å². The molecule has 3 aliphatic rings. The van der Waals surface area contributed by atoms with Crippen LogP contribution in [0.2, 0.25) is 0 Å². The number of ketones is 1. The Morgan fingerprint density at radius 1 is 1.17 bits per heavy atom. The molecule has 2 heterocycles. The molecule has 0 bridgehead atoms. The summed E-state index contributed by atoms with van der Waals surface area (Å²) in [6.07, 6.45) is 5.22. The highest BCUT2D eigenvalue weighted by atomic mass is 16.3. The molecule has 0 aromatic rings. The molecule has 1 aliphatic carbocycles. The summed E-state index contributed by atoms with van der Waals surface area (Å²) in [4.78, 5) is 40.5. The lowest BCUT2D eigenvalue weighted by molar-refractivity contribution is -0.161. The van der Waals surface area contributed by atoms with Crippen molar-refractivity contribution < 1.29 is 19.5 Å². The van der Waals surface area contributed by atoms with E-state index in [-0.39, 0.29) is 36.0 Å². The number of amides is 2. The van der Waals surface area contributed by atoms with E-state index in [1.54, 1.807) is 16.7 Å². The van der Waals surface area contributed by atoms with Gasteiger partial charge in [0.05, 0.1) is 24.0 Å². The van der Waals surface area contributed by atoms with E-state index < -0.39 is 12.0 Å². The molecule has 3 rings (SSSR count). The molecule has 2 atom stereocenters. The summed E-state index contributed by atoms with van der Waals surface area (Å²) < 4.78 is 0. The second-order valence-electron chi connectivity index (χ2n) is 7.77. The van der Waals surface area contributed by atoms with E-state index in [9.17, 15) is 19.5 Å². The van der Waals surface area contributed by atoms with Gasteiger partial charge >= 0.3 is 0 Å². The van der Waals surface area contributed by atoms with Crippen molar-refractivity contribution in [2.24, 2.45) is 11.3 Å². The van der Waals surface area contributed by atoms with Crippen LogP contribution < -0.4 is 0 Å². The first-order chi connectivity index (χ1) is 11.4. The molecule has 0 aromatic carbocycles. The van der Waals surface area contributed by atoms with Crippen molar-refractivity contribution in [2.75, 3.05) is 26.2 Å². The molecule has 2 amide bonds. The van der Waals surface area contributed by atoms with Gasteiger partial charge in [-0.1, -0.05) is 12.8 Å². The van der Waals surface area contributed by atoms with E-state index in [1.807, 2.05) is 0 Å². The van der Waals surface area contributed by atoms with Crippen molar-refractivity contribution in [3.05, 3.63) is 0 Å². The van der Waals surface area contributed by atoms with Gasteiger partial charge in [-0.2, -0.15) is 0 Å². The Bertz CT molecular complexity index is 519. The van der Waals surface area contributed by atoms with Crippen LogP contribution in [0.25, 0.3) is 0 Å². The predicted octanol–water partition coefficient (Wildman–Crippen LogP) is 0.968. The lowest BCUT2D eigenvalue weighted by Gasteiger charge is -2.46. The maximum absolute atomic E-state index is 12.5. The number of hydrogen-bond donors (Lipinski definition) is 1. The lowest BCUT2D eigenvalue weighted by atomic mass is 9.77. The van der Waals surface area contributed by atoms with Gasteiger partial charge in [-0.3, -0.25) is 14.4 Å². The Labute approximate surface area is 143 Å². The van der Waals surface area contributed by atoms with Crippen LogP contribution >= 0.6 is 0 Å². The molecule has 1 spiro atoms.